The van der Waals surface area contributed by atoms with E-state index in [0.717, 1.165) is 0 Å². The Balaban J connectivity index is 2.04. The molecule has 0 aromatic carbocycles. The minimum Gasteiger partial charge on any atom is -0.477 e. The van der Waals surface area contributed by atoms with Crippen LogP contribution in [0.3, 0.4) is 0 Å². The van der Waals surface area contributed by atoms with E-state index in [2.05, 4.69) is 30.9 Å². The van der Waals surface area contributed by atoms with Crippen LogP contribution >= 0.6 is 0 Å². The molecule has 2 aromatic rings. The van der Waals surface area contributed by atoms with Gasteiger partial charge in [-0.15, -0.1) is 10.2 Å². The summed E-state index contributed by atoms with van der Waals surface area (Å²) in [5.74, 6) is -1.39. The molecular formula is C9H8N6O3. The van der Waals surface area contributed by atoms with Crippen LogP contribution in [0.5, 0.6) is 0 Å². The van der Waals surface area contributed by atoms with Gasteiger partial charge in [-0.2, -0.15) is 5.21 Å². The molecule has 0 radical (unpaired) electrons. The fourth-order valence-electron chi connectivity index (χ4n) is 1.19. The predicted molar refractivity (Wildman–Crippen MR) is 56.5 cm³/mol. The third-order valence-corrected chi connectivity index (χ3v) is 2.00. The van der Waals surface area contributed by atoms with Crippen molar-refractivity contribution in [2.45, 2.75) is 6.54 Å². The Morgan fingerprint density at radius 2 is 2.11 bits per heavy atom. The quantitative estimate of drug-likeness (QED) is 0.646. The van der Waals surface area contributed by atoms with Crippen LogP contribution in [0.25, 0.3) is 0 Å². The van der Waals surface area contributed by atoms with Crippen LogP contribution in [0, 0.1) is 0 Å². The number of hydrogen-bond donors (Lipinski definition) is 3. The highest BCUT2D eigenvalue weighted by Crippen LogP contribution is 2.00. The first-order valence-electron chi connectivity index (χ1n) is 4.87. The second-order valence-corrected chi connectivity index (χ2v) is 3.22. The molecule has 2 heterocycles. The van der Waals surface area contributed by atoms with E-state index in [1.165, 1.54) is 18.2 Å². The van der Waals surface area contributed by atoms with Crippen LogP contribution in [-0.2, 0) is 6.54 Å². The van der Waals surface area contributed by atoms with Gasteiger partial charge in [0.05, 0.1) is 6.54 Å². The van der Waals surface area contributed by atoms with Crippen molar-refractivity contribution in [1.29, 1.82) is 0 Å². The lowest BCUT2D eigenvalue weighted by Crippen LogP contribution is -2.25. The number of tetrazole rings is 1. The van der Waals surface area contributed by atoms with Crippen molar-refractivity contribution in [3.8, 4) is 0 Å². The summed E-state index contributed by atoms with van der Waals surface area (Å²) in [6, 6.07) is 4.16. The van der Waals surface area contributed by atoms with E-state index in [1.54, 1.807) is 0 Å². The normalized spacial score (nSPS) is 10.0. The van der Waals surface area contributed by atoms with E-state index in [9.17, 15) is 9.59 Å². The van der Waals surface area contributed by atoms with Crippen LogP contribution in [0.15, 0.2) is 18.2 Å². The molecule has 0 aliphatic heterocycles. The molecule has 18 heavy (non-hydrogen) atoms. The molecular weight excluding hydrogens is 240 g/mol. The van der Waals surface area contributed by atoms with Crippen molar-refractivity contribution in [1.82, 2.24) is 30.9 Å². The third-order valence-electron chi connectivity index (χ3n) is 2.00. The van der Waals surface area contributed by atoms with E-state index >= 15 is 0 Å². The van der Waals surface area contributed by atoms with E-state index in [4.69, 9.17) is 5.11 Å². The van der Waals surface area contributed by atoms with Crippen LogP contribution in [0.2, 0.25) is 0 Å². The van der Waals surface area contributed by atoms with Gasteiger partial charge in [0.15, 0.2) is 5.82 Å². The van der Waals surface area contributed by atoms with Gasteiger partial charge in [0, 0.05) is 0 Å². The summed E-state index contributed by atoms with van der Waals surface area (Å²) < 4.78 is 0. The molecule has 1 amide bonds. The van der Waals surface area contributed by atoms with E-state index in [1.807, 2.05) is 0 Å². The summed E-state index contributed by atoms with van der Waals surface area (Å²) in [6.07, 6.45) is 0. The Bertz CT molecular complexity index is 567. The summed E-state index contributed by atoms with van der Waals surface area (Å²) in [7, 11) is 0. The fourth-order valence-corrected chi connectivity index (χ4v) is 1.19. The molecule has 0 atom stereocenters. The number of hydrogen-bond acceptors (Lipinski definition) is 6. The number of aromatic carboxylic acids is 1. The van der Waals surface area contributed by atoms with Gasteiger partial charge < -0.3 is 10.4 Å². The molecule has 0 aliphatic rings. The number of aromatic nitrogens is 5. The molecule has 0 bridgehead atoms. The SMILES string of the molecule is O=C(O)c1cccc(C(=O)NCc2nn[nH]n2)n1. The number of carbonyl (C=O) groups is 2. The highest BCUT2D eigenvalue weighted by Gasteiger charge is 2.11. The van der Waals surface area contributed by atoms with Crippen LogP contribution in [0.1, 0.15) is 26.8 Å². The van der Waals surface area contributed by atoms with Gasteiger partial charge in [0.1, 0.15) is 11.4 Å². The van der Waals surface area contributed by atoms with Gasteiger partial charge >= 0.3 is 5.97 Å². The number of nitrogens with zero attached hydrogens (tertiary/aromatic N) is 4. The minimum atomic E-state index is -1.19. The molecule has 2 aromatic heterocycles. The molecule has 0 unspecified atom stereocenters. The highest BCUT2D eigenvalue weighted by molar-refractivity contribution is 5.94. The lowest BCUT2D eigenvalue weighted by Gasteiger charge is -2.02. The molecule has 9 heteroatoms. The number of pyridine rings is 1. The van der Waals surface area contributed by atoms with Gasteiger partial charge in [-0.05, 0) is 12.1 Å². The standard InChI is InChI=1S/C9H8N6O3/c16-8(10-4-7-12-14-15-13-7)5-2-1-3-6(11-5)9(17)18/h1-3H,4H2,(H,10,16)(H,17,18)(H,12,13,14,15). The molecule has 0 saturated heterocycles. The van der Waals surface area contributed by atoms with Crippen molar-refractivity contribution in [2.24, 2.45) is 0 Å². The van der Waals surface area contributed by atoms with E-state index in [-0.39, 0.29) is 17.9 Å². The Hall–Kier alpha value is -2.84. The second kappa shape index (κ2) is 4.99. The zero-order valence-electron chi connectivity index (χ0n) is 8.99. The Morgan fingerprint density at radius 3 is 2.78 bits per heavy atom. The van der Waals surface area contributed by atoms with E-state index < -0.39 is 11.9 Å². The molecule has 0 spiro atoms. The molecule has 0 aliphatic carbocycles. The Labute approximate surface area is 100 Å². The van der Waals surface area contributed by atoms with Crippen LogP contribution in [-0.4, -0.2) is 42.6 Å². The molecule has 3 N–H and O–H groups in total. The van der Waals surface area contributed by atoms with Gasteiger partial charge in [-0.25, -0.2) is 9.78 Å². The second-order valence-electron chi connectivity index (χ2n) is 3.22. The highest BCUT2D eigenvalue weighted by atomic mass is 16.4. The largest absolute Gasteiger partial charge is 0.477 e. The summed E-state index contributed by atoms with van der Waals surface area (Å²) in [4.78, 5) is 26.1. The maximum absolute atomic E-state index is 11.7. The lowest BCUT2D eigenvalue weighted by atomic mass is 10.3. The van der Waals surface area contributed by atoms with Gasteiger partial charge in [-0.3, -0.25) is 4.79 Å². The predicted octanol–water partition coefficient (Wildman–Crippen LogP) is -0.777. The maximum Gasteiger partial charge on any atom is 0.354 e. The average Bonchev–Trinajstić information content (AvgIpc) is 2.89. The number of carboxylic acids is 1. The number of rotatable bonds is 4. The fraction of sp³-hybridized carbons (Fsp3) is 0.111. The van der Waals surface area contributed by atoms with Crippen molar-refractivity contribution in [3.05, 3.63) is 35.4 Å². The molecule has 92 valence electrons. The first-order valence-corrected chi connectivity index (χ1v) is 4.87. The van der Waals surface area contributed by atoms with Crippen molar-refractivity contribution in [3.63, 3.8) is 0 Å². The zero-order valence-corrected chi connectivity index (χ0v) is 8.99. The third kappa shape index (κ3) is 2.64. The smallest absolute Gasteiger partial charge is 0.354 e. The number of nitrogens with one attached hydrogen (secondary N) is 2. The molecule has 2 rings (SSSR count). The van der Waals surface area contributed by atoms with Crippen molar-refractivity contribution >= 4 is 11.9 Å². The first kappa shape index (κ1) is 11.6. The number of H-pyrrole nitrogens is 1. The maximum atomic E-state index is 11.7. The van der Waals surface area contributed by atoms with Gasteiger partial charge in [0.25, 0.3) is 5.91 Å². The number of carbonyl (C=O) groups excluding carboxylic acids is 1. The van der Waals surface area contributed by atoms with E-state index in [0.29, 0.717) is 5.82 Å². The molecule has 9 nitrogen and oxygen atoms in total. The van der Waals surface area contributed by atoms with Crippen molar-refractivity contribution in [2.75, 3.05) is 0 Å². The molecule has 0 fully saturated rings. The number of amides is 1. The first-order chi connectivity index (χ1) is 8.66. The topological polar surface area (TPSA) is 134 Å². The summed E-state index contributed by atoms with van der Waals surface area (Å²) in [5, 5.41) is 24.1. The number of aromatic amines is 1. The summed E-state index contributed by atoms with van der Waals surface area (Å²) in [5.41, 5.74) is -0.180. The zero-order chi connectivity index (χ0) is 13.0. The molecule has 0 saturated carbocycles. The Morgan fingerprint density at radius 1 is 1.33 bits per heavy atom. The van der Waals surface area contributed by atoms with Crippen LogP contribution in [0.4, 0.5) is 0 Å². The summed E-state index contributed by atoms with van der Waals surface area (Å²) >= 11 is 0. The Kier molecular flexibility index (Phi) is 3.23. The van der Waals surface area contributed by atoms with Gasteiger partial charge in [0.2, 0.25) is 0 Å². The monoisotopic (exact) mass is 248 g/mol. The van der Waals surface area contributed by atoms with Crippen molar-refractivity contribution < 1.29 is 14.7 Å². The lowest BCUT2D eigenvalue weighted by molar-refractivity contribution is 0.0690. The minimum absolute atomic E-state index is 0.0124. The number of carboxylic acid groups (broad SMARTS) is 1. The van der Waals surface area contributed by atoms with Crippen LogP contribution < -0.4 is 5.32 Å². The summed E-state index contributed by atoms with van der Waals surface area (Å²) in [6.45, 7) is 0.0777. The van der Waals surface area contributed by atoms with Gasteiger partial charge in [-0.1, -0.05) is 11.3 Å². The average molecular weight is 248 g/mol.